The minimum atomic E-state index is -1.03. The van der Waals surface area contributed by atoms with Gasteiger partial charge in [-0.1, -0.05) is 42.1 Å². The van der Waals surface area contributed by atoms with Gasteiger partial charge in [0.25, 0.3) is 0 Å². The third kappa shape index (κ3) is 4.02. The SMILES string of the molecule is CCOc1ccc2ccccc2c1C=NN=C1NC(=O)C(CC(=O)O)S1. The highest BCUT2D eigenvalue weighted by molar-refractivity contribution is 8.15. The zero-order chi connectivity index (χ0) is 18.5. The molecule has 2 N–H and O–H groups in total. The number of carboxylic acid groups (broad SMARTS) is 1. The molecule has 134 valence electrons. The molecule has 0 saturated carbocycles. The van der Waals surface area contributed by atoms with Crippen LogP contribution in [0, 0.1) is 0 Å². The van der Waals surface area contributed by atoms with Gasteiger partial charge in [0.05, 0.1) is 19.2 Å². The maximum atomic E-state index is 11.7. The minimum Gasteiger partial charge on any atom is -0.493 e. The van der Waals surface area contributed by atoms with Crippen LogP contribution in [0.25, 0.3) is 10.8 Å². The van der Waals surface area contributed by atoms with E-state index in [-0.39, 0.29) is 17.5 Å². The van der Waals surface area contributed by atoms with Crippen molar-refractivity contribution in [2.45, 2.75) is 18.6 Å². The van der Waals surface area contributed by atoms with Gasteiger partial charge in [-0.15, -0.1) is 5.10 Å². The maximum Gasteiger partial charge on any atom is 0.305 e. The first-order valence-corrected chi connectivity index (χ1v) is 8.91. The molecule has 1 aliphatic rings. The number of hydrogen-bond donors (Lipinski definition) is 2. The summed E-state index contributed by atoms with van der Waals surface area (Å²) in [5.41, 5.74) is 0.797. The summed E-state index contributed by atoms with van der Waals surface area (Å²) < 4.78 is 5.67. The molecule has 1 saturated heterocycles. The third-order valence-corrected chi connectivity index (χ3v) is 4.77. The predicted octanol–water partition coefficient (Wildman–Crippen LogP) is 2.63. The number of carboxylic acids is 1. The molecule has 1 unspecified atom stereocenters. The average molecular weight is 371 g/mol. The highest BCUT2D eigenvalue weighted by Crippen LogP contribution is 2.27. The Labute approximate surface area is 154 Å². The smallest absolute Gasteiger partial charge is 0.305 e. The van der Waals surface area contributed by atoms with Gasteiger partial charge in [-0.25, -0.2) is 0 Å². The molecule has 1 fully saturated rings. The molecule has 7 nitrogen and oxygen atoms in total. The number of nitrogens with one attached hydrogen (secondary N) is 1. The van der Waals surface area contributed by atoms with Crippen LogP contribution >= 0.6 is 11.8 Å². The van der Waals surface area contributed by atoms with Crippen LogP contribution in [0.5, 0.6) is 5.75 Å². The number of nitrogens with zero attached hydrogens (tertiary/aromatic N) is 2. The van der Waals surface area contributed by atoms with Crippen LogP contribution in [0.4, 0.5) is 0 Å². The number of benzene rings is 2. The fourth-order valence-corrected chi connectivity index (χ4v) is 3.49. The summed E-state index contributed by atoms with van der Waals surface area (Å²) in [7, 11) is 0. The molecule has 0 radical (unpaired) electrons. The van der Waals surface area contributed by atoms with E-state index in [0.717, 1.165) is 28.1 Å². The number of fused-ring (bicyclic) bond motifs is 1. The number of amidine groups is 1. The summed E-state index contributed by atoms with van der Waals surface area (Å²) in [6, 6.07) is 11.7. The summed E-state index contributed by atoms with van der Waals surface area (Å²) in [6.45, 7) is 2.43. The molecule has 8 heteroatoms. The van der Waals surface area contributed by atoms with E-state index in [1.165, 1.54) is 0 Å². The Morgan fingerprint density at radius 3 is 2.92 bits per heavy atom. The second-order valence-corrected chi connectivity index (χ2v) is 6.67. The highest BCUT2D eigenvalue weighted by Gasteiger charge is 2.32. The van der Waals surface area contributed by atoms with Gasteiger partial charge in [-0.3, -0.25) is 9.59 Å². The molecule has 26 heavy (non-hydrogen) atoms. The number of hydrogen-bond acceptors (Lipinski definition) is 6. The summed E-state index contributed by atoms with van der Waals surface area (Å²) in [4.78, 5) is 22.5. The summed E-state index contributed by atoms with van der Waals surface area (Å²) in [6.07, 6.45) is 1.33. The molecule has 1 aliphatic heterocycles. The highest BCUT2D eigenvalue weighted by atomic mass is 32.2. The lowest BCUT2D eigenvalue weighted by Crippen LogP contribution is -2.26. The lowest BCUT2D eigenvalue weighted by atomic mass is 10.0. The van der Waals surface area contributed by atoms with Gasteiger partial charge in [-0.2, -0.15) is 5.10 Å². The zero-order valence-corrected chi connectivity index (χ0v) is 14.8. The Bertz CT molecular complexity index is 910. The molecule has 0 aromatic heterocycles. The van der Waals surface area contributed by atoms with E-state index in [1.54, 1.807) is 6.21 Å². The summed E-state index contributed by atoms with van der Waals surface area (Å²) in [5, 5.41) is 21.1. The van der Waals surface area contributed by atoms with Crippen molar-refractivity contribution in [2.75, 3.05) is 6.61 Å². The zero-order valence-electron chi connectivity index (χ0n) is 14.0. The molecule has 0 spiro atoms. The third-order valence-electron chi connectivity index (χ3n) is 3.70. The fourth-order valence-electron chi connectivity index (χ4n) is 2.57. The van der Waals surface area contributed by atoms with Gasteiger partial charge in [0.1, 0.15) is 11.0 Å². The van der Waals surface area contributed by atoms with Crippen LogP contribution in [0.2, 0.25) is 0 Å². The maximum absolute atomic E-state index is 11.7. The monoisotopic (exact) mass is 371 g/mol. The summed E-state index contributed by atoms with van der Waals surface area (Å²) >= 11 is 1.06. The molecule has 2 aromatic rings. The first kappa shape index (κ1) is 17.9. The van der Waals surface area contributed by atoms with Gasteiger partial charge >= 0.3 is 5.97 Å². The normalized spacial score (nSPS) is 18.6. The van der Waals surface area contributed by atoms with Crippen molar-refractivity contribution in [3.8, 4) is 5.75 Å². The van der Waals surface area contributed by atoms with Gasteiger partial charge in [0.2, 0.25) is 5.91 Å². The van der Waals surface area contributed by atoms with Crippen molar-refractivity contribution >= 4 is 45.8 Å². The number of carbonyl (C=O) groups is 2. The number of carbonyl (C=O) groups excluding carboxylic acids is 1. The van der Waals surface area contributed by atoms with Gasteiger partial charge in [0, 0.05) is 5.56 Å². The molecule has 0 bridgehead atoms. The number of thioether (sulfide) groups is 1. The quantitative estimate of drug-likeness (QED) is 0.601. The molecule has 2 aromatic carbocycles. The van der Waals surface area contributed by atoms with E-state index < -0.39 is 11.2 Å². The van der Waals surface area contributed by atoms with Gasteiger partial charge in [-0.05, 0) is 23.8 Å². The Hall–Kier alpha value is -2.87. The van der Waals surface area contributed by atoms with Crippen LogP contribution in [0.1, 0.15) is 18.9 Å². The average Bonchev–Trinajstić information content (AvgIpc) is 2.95. The van der Waals surface area contributed by atoms with Crippen molar-refractivity contribution in [3.05, 3.63) is 42.0 Å². The van der Waals surface area contributed by atoms with Crippen LogP contribution in [-0.2, 0) is 9.59 Å². The number of aliphatic carboxylic acids is 1. The van der Waals surface area contributed by atoms with E-state index in [2.05, 4.69) is 15.5 Å². The van der Waals surface area contributed by atoms with Gasteiger partial charge in [0.15, 0.2) is 5.17 Å². The lowest BCUT2D eigenvalue weighted by molar-refractivity contribution is -0.138. The fraction of sp³-hybridized carbons (Fsp3) is 0.222. The van der Waals surface area contributed by atoms with Gasteiger partial charge < -0.3 is 15.2 Å². The van der Waals surface area contributed by atoms with Crippen LogP contribution in [-0.4, -0.2) is 40.2 Å². The van der Waals surface area contributed by atoms with E-state index in [1.807, 2.05) is 43.3 Å². The molecule has 1 amide bonds. The van der Waals surface area contributed by atoms with Crippen LogP contribution < -0.4 is 10.1 Å². The second kappa shape index (κ2) is 8.01. The minimum absolute atomic E-state index is 0.253. The standard InChI is InChI=1S/C18H17N3O4S/c1-2-25-14-8-7-11-5-3-4-6-12(11)13(14)10-19-21-18-20-17(24)15(26-18)9-16(22)23/h3-8,10,15H,2,9H2,1H3,(H,22,23)(H,20,21,24). The predicted molar refractivity (Wildman–Crippen MR) is 102 cm³/mol. The number of rotatable bonds is 6. The summed E-state index contributed by atoms with van der Waals surface area (Å²) in [5.74, 6) is -0.701. The van der Waals surface area contributed by atoms with E-state index in [4.69, 9.17) is 9.84 Å². The van der Waals surface area contributed by atoms with Crippen molar-refractivity contribution in [1.29, 1.82) is 0 Å². The van der Waals surface area contributed by atoms with Crippen LogP contribution in [0.3, 0.4) is 0 Å². The van der Waals surface area contributed by atoms with E-state index >= 15 is 0 Å². The van der Waals surface area contributed by atoms with Crippen molar-refractivity contribution in [2.24, 2.45) is 10.2 Å². The van der Waals surface area contributed by atoms with Crippen molar-refractivity contribution in [3.63, 3.8) is 0 Å². The molecular formula is C18H17N3O4S. The Morgan fingerprint density at radius 2 is 2.15 bits per heavy atom. The molecule has 3 rings (SSSR count). The van der Waals surface area contributed by atoms with Crippen molar-refractivity contribution in [1.82, 2.24) is 5.32 Å². The topological polar surface area (TPSA) is 100 Å². The largest absolute Gasteiger partial charge is 0.493 e. The van der Waals surface area contributed by atoms with Crippen molar-refractivity contribution < 1.29 is 19.4 Å². The van der Waals surface area contributed by atoms with E-state index in [0.29, 0.717) is 12.4 Å². The second-order valence-electron chi connectivity index (χ2n) is 5.47. The molecule has 1 atom stereocenters. The lowest BCUT2D eigenvalue weighted by Gasteiger charge is -2.09. The van der Waals surface area contributed by atoms with E-state index in [9.17, 15) is 9.59 Å². The molecule has 0 aliphatic carbocycles. The first-order valence-electron chi connectivity index (χ1n) is 8.03. The Balaban J connectivity index is 1.85. The van der Waals surface area contributed by atoms with Crippen LogP contribution in [0.15, 0.2) is 46.6 Å². The Kier molecular flexibility index (Phi) is 5.52. The molecule has 1 heterocycles. The number of amides is 1. The number of ether oxygens (including phenoxy) is 1. The Morgan fingerprint density at radius 1 is 1.35 bits per heavy atom. The first-order chi connectivity index (χ1) is 12.6. The molecular weight excluding hydrogens is 354 g/mol.